The Morgan fingerprint density at radius 3 is 2.41 bits per heavy atom. The van der Waals surface area contributed by atoms with Gasteiger partial charge in [0, 0.05) is 33.1 Å². The molecule has 1 aromatic rings. The quantitative estimate of drug-likeness (QED) is 0.840. The fourth-order valence-electron chi connectivity index (χ4n) is 3.55. The molecule has 0 N–H and O–H groups in total. The number of aryl methyl sites for hydroxylation is 1. The minimum Gasteiger partial charge on any atom is -0.444 e. The van der Waals surface area contributed by atoms with Crippen molar-refractivity contribution in [1.82, 2.24) is 10.1 Å². The summed E-state index contributed by atoms with van der Waals surface area (Å²) < 4.78 is 10.8. The van der Waals surface area contributed by atoms with Crippen LogP contribution in [-0.4, -0.2) is 48.9 Å². The smallest absolute Gasteiger partial charge is 0.410 e. The summed E-state index contributed by atoms with van der Waals surface area (Å²) in [6, 6.07) is 0. The van der Waals surface area contributed by atoms with Crippen LogP contribution in [0.1, 0.15) is 38.1 Å². The lowest BCUT2D eigenvalue weighted by Gasteiger charge is -2.26. The van der Waals surface area contributed by atoms with Crippen molar-refractivity contribution in [3.8, 4) is 0 Å². The van der Waals surface area contributed by atoms with Crippen molar-refractivity contribution in [1.29, 1.82) is 0 Å². The van der Waals surface area contributed by atoms with E-state index in [1.54, 1.807) is 0 Å². The maximum absolute atomic E-state index is 12.1. The van der Waals surface area contributed by atoms with Crippen LogP contribution in [0.3, 0.4) is 0 Å². The summed E-state index contributed by atoms with van der Waals surface area (Å²) in [6.07, 6.45) is -0.206. The number of nitrogens with zero attached hydrogens (tertiary/aromatic N) is 3. The van der Waals surface area contributed by atoms with Gasteiger partial charge in [0.15, 0.2) is 5.76 Å². The molecule has 1 aliphatic heterocycles. The predicted molar refractivity (Wildman–Crippen MR) is 83.1 cm³/mol. The van der Waals surface area contributed by atoms with Crippen molar-refractivity contribution >= 4 is 11.8 Å². The number of amides is 1. The second-order valence-electron chi connectivity index (χ2n) is 7.61. The molecule has 1 aromatic heterocycles. The van der Waals surface area contributed by atoms with Crippen LogP contribution in [0.2, 0.25) is 0 Å². The highest BCUT2D eigenvalue weighted by molar-refractivity contribution is 5.69. The monoisotopic (exact) mass is 307 g/mol. The molecule has 122 valence electrons. The minimum atomic E-state index is -0.440. The van der Waals surface area contributed by atoms with E-state index >= 15 is 0 Å². The second-order valence-corrected chi connectivity index (χ2v) is 7.61. The van der Waals surface area contributed by atoms with Gasteiger partial charge in [-0.3, -0.25) is 0 Å². The van der Waals surface area contributed by atoms with E-state index in [9.17, 15) is 4.79 Å². The molecule has 2 unspecified atom stereocenters. The molecular weight excluding hydrogens is 282 g/mol. The topological polar surface area (TPSA) is 58.8 Å². The highest BCUT2D eigenvalue weighted by Gasteiger charge is 2.59. The standard InChI is InChI=1S/C16H25N3O3/c1-9-14(18(5)6)13(17-22-9)12-10-7-19(8-11(10)12)15(20)21-16(2,3)4/h10-12H,7-8H2,1-6H3. The van der Waals surface area contributed by atoms with Crippen molar-refractivity contribution < 1.29 is 14.1 Å². The summed E-state index contributed by atoms with van der Waals surface area (Å²) in [5.41, 5.74) is 1.69. The van der Waals surface area contributed by atoms with Crippen LogP contribution < -0.4 is 4.90 Å². The van der Waals surface area contributed by atoms with Gasteiger partial charge in [0.05, 0.1) is 0 Å². The molecule has 1 saturated heterocycles. The van der Waals surface area contributed by atoms with E-state index in [1.165, 1.54) is 0 Å². The number of anilines is 1. The van der Waals surface area contributed by atoms with Crippen molar-refractivity contribution in [2.45, 2.75) is 39.2 Å². The van der Waals surface area contributed by atoms with Gasteiger partial charge in [-0.15, -0.1) is 0 Å². The third-order valence-electron chi connectivity index (χ3n) is 4.47. The number of hydrogen-bond acceptors (Lipinski definition) is 5. The fourth-order valence-corrected chi connectivity index (χ4v) is 3.55. The summed E-state index contributed by atoms with van der Waals surface area (Å²) in [6.45, 7) is 9.13. The fraction of sp³-hybridized carbons (Fsp3) is 0.750. The van der Waals surface area contributed by atoms with Gasteiger partial charge in [0.1, 0.15) is 17.0 Å². The molecular formula is C16H25N3O3. The Hall–Kier alpha value is -1.72. The Morgan fingerprint density at radius 2 is 1.91 bits per heavy atom. The van der Waals surface area contributed by atoms with Gasteiger partial charge in [-0.05, 0) is 39.5 Å². The summed E-state index contributed by atoms with van der Waals surface area (Å²) >= 11 is 0. The van der Waals surface area contributed by atoms with Crippen LogP contribution in [0, 0.1) is 18.8 Å². The zero-order valence-electron chi connectivity index (χ0n) is 14.2. The number of carbonyl (C=O) groups is 1. The zero-order valence-corrected chi connectivity index (χ0v) is 14.2. The summed E-state index contributed by atoms with van der Waals surface area (Å²) in [7, 11) is 4.02. The second kappa shape index (κ2) is 4.89. The Balaban J connectivity index is 1.65. The number of fused-ring (bicyclic) bond motifs is 1. The van der Waals surface area contributed by atoms with Crippen LogP contribution >= 0.6 is 0 Å². The molecule has 6 heteroatoms. The Bertz CT molecular complexity index is 576. The van der Waals surface area contributed by atoms with Gasteiger partial charge >= 0.3 is 6.09 Å². The lowest BCUT2D eigenvalue weighted by Crippen LogP contribution is -2.37. The van der Waals surface area contributed by atoms with Crippen LogP contribution in [0.15, 0.2) is 4.52 Å². The molecule has 1 aliphatic carbocycles. The van der Waals surface area contributed by atoms with Gasteiger partial charge in [-0.2, -0.15) is 0 Å². The van der Waals surface area contributed by atoms with Crippen molar-refractivity contribution in [2.24, 2.45) is 11.8 Å². The molecule has 0 spiro atoms. The maximum Gasteiger partial charge on any atom is 0.410 e. The van der Waals surface area contributed by atoms with E-state index in [-0.39, 0.29) is 6.09 Å². The van der Waals surface area contributed by atoms with Crippen molar-refractivity contribution in [2.75, 3.05) is 32.1 Å². The lowest BCUT2D eigenvalue weighted by molar-refractivity contribution is 0.0270. The number of piperidine rings is 1. The summed E-state index contributed by atoms with van der Waals surface area (Å²) in [4.78, 5) is 16.0. The van der Waals surface area contributed by atoms with E-state index in [0.717, 1.165) is 30.2 Å². The molecule has 2 fully saturated rings. The average molecular weight is 307 g/mol. The molecule has 22 heavy (non-hydrogen) atoms. The number of aromatic nitrogens is 1. The number of rotatable bonds is 2. The van der Waals surface area contributed by atoms with Crippen LogP contribution in [-0.2, 0) is 4.74 Å². The molecule has 1 saturated carbocycles. The third kappa shape index (κ3) is 2.55. The zero-order chi connectivity index (χ0) is 16.2. The van der Waals surface area contributed by atoms with E-state index in [4.69, 9.17) is 9.26 Å². The number of hydrogen-bond donors (Lipinski definition) is 0. The van der Waals surface area contributed by atoms with Crippen LogP contribution in [0.5, 0.6) is 0 Å². The Kier molecular flexibility index (Phi) is 3.38. The average Bonchev–Trinajstić information content (AvgIpc) is 2.73. The van der Waals surface area contributed by atoms with E-state index < -0.39 is 5.60 Å². The normalized spacial score (nSPS) is 26.8. The molecule has 2 heterocycles. The number of likely N-dealkylation sites (tertiary alicyclic amines) is 1. The Morgan fingerprint density at radius 1 is 1.32 bits per heavy atom. The lowest BCUT2D eigenvalue weighted by atomic mass is 10.1. The molecule has 0 bridgehead atoms. The third-order valence-corrected chi connectivity index (χ3v) is 4.47. The van der Waals surface area contributed by atoms with Gasteiger partial charge in [-0.25, -0.2) is 4.79 Å². The molecule has 6 nitrogen and oxygen atoms in total. The highest BCUT2D eigenvalue weighted by Crippen LogP contribution is 2.59. The van der Waals surface area contributed by atoms with Crippen LogP contribution in [0.4, 0.5) is 10.5 Å². The van der Waals surface area contributed by atoms with Crippen LogP contribution in [0.25, 0.3) is 0 Å². The molecule has 0 radical (unpaired) electrons. The largest absolute Gasteiger partial charge is 0.444 e. The first kappa shape index (κ1) is 15.2. The molecule has 1 amide bonds. The number of ether oxygens (including phenoxy) is 1. The van der Waals surface area contributed by atoms with Gasteiger partial charge < -0.3 is 19.1 Å². The molecule has 0 aromatic carbocycles. The summed E-state index contributed by atoms with van der Waals surface area (Å²) in [5, 5.41) is 4.26. The van der Waals surface area contributed by atoms with E-state index in [1.807, 2.05) is 46.7 Å². The highest BCUT2D eigenvalue weighted by atomic mass is 16.6. The first-order chi connectivity index (χ1) is 10.2. The van der Waals surface area contributed by atoms with Gasteiger partial charge in [-0.1, -0.05) is 5.16 Å². The Labute approximate surface area is 131 Å². The number of carbonyl (C=O) groups excluding carboxylic acids is 1. The molecule has 3 rings (SSSR count). The van der Waals surface area contributed by atoms with Gasteiger partial charge in [0.25, 0.3) is 0 Å². The van der Waals surface area contributed by atoms with Gasteiger partial charge in [0.2, 0.25) is 0 Å². The van der Waals surface area contributed by atoms with Crippen molar-refractivity contribution in [3.63, 3.8) is 0 Å². The van der Waals surface area contributed by atoms with Crippen molar-refractivity contribution in [3.05, 3.63) is 11.5 Å². The van der Waals surface area contributed by atoms with E-state index in [0.29, 0.717) is 17.8 Å². The van der Waals surface area contributed by atoms with E-state index in [2.05, 4.69) is 10.1 Å². The first-order valence-electron chi connectivity index (χ1n) is 7.80. The SMILES string of the molecule is Cc1onc(C2C3CN(C(=O)OC(C)(C)C)CC32)c1N(C)C. The predicted octanol–water partition coefficient (Wildman–Crippen LogP) is 2.63. The summed E-state index contributed by atoms with van der Waals surface area (Å²) in [5.74, 6) is 2.23. The molecule has 2 atom stereocenters. The molecule has 2 aliphatic rings. The minimum absolute atomic E-state index is 0.206. The maximum atomic E-state index is 12.1. The first-order valence-corrected chi connectivity index (χ1v) is 7.80.